The molecule has 0 aliphatic rings. The Morgan fingerprint density at radius 1 is 1.24 bits per heavy atom. The van der Waals surface area contributed by atoms with Crippen LogP contribution in [0.2, 0.25) is 5.02 Å². The molecule has 0 heterocycles. The number of aryl methyl sites for hydroxylation is 1. The summed E-state index contributed by atoms with van der Waals surface area (Å²) >= 11 is 6.08. The smallest absolute Gasteiger partial charge is 0.132 e. The molecule has 0 fully saturated rings. The summed E-state index contributed by atoms with van der Waals surface area (Å²) < 4.78 is 13.9. The van der Waals surface area contributed by atoms with Crippen molar-refractivity contribution in [1.29, 1.82) is 5.26 Å². The van der Waals surface area contributed by atoms with Crippen LogP contribution in [0, 0.1) is 24.1 Å². The van der Waals surface area contributed by atoms with Gasteiger partial charge in [0.15, 0.2) is 0 Å². The number of nitriles is 1. The zero-order chi connectivity index (χ0) is 12.4. The molecule has 0 saturated carbocycles. The van der Waals surface area contributed by atoms with Gasteiger partial charge in [-0.05, 0) is 30.7 Å². The van der Waals surface area contributed by atoms with Crippen molar-refractivity contribution in [1.82, 2.24) is 0 Å². The highest BCUT2D eigenvalue weighted by atomic mass is 35.5. The minimum atomic E-state index is -0.430. The van der Waals surface area contributed by atoms with Crippen LogP contribution in [0.25, 0.3) is 11.1 Å². The molecule has 0 N–H and O–H groups in total. The van der Waals surface area contributed by atoms with Gasteiger partial charge in [-0.25, -0.2) is 4.39 Å². The first kappa shape index (κ1) is 11.6. The molecule has 17 heavy (non-hydrogen) atoms. The predicted molar refractivity (Wildman–Crippen MR) is 66.3 cm³/mol. The second-order valence-corrected chi connectivity index (χ2v) is 4.15. The molecule has 0 amide bonds. The lowest BCUT2D eigenvalue weighted by atomic mass is 9.99. The van der Waals surface area contributed by atoms with Crippen molar-refractivity contribution >= 4 is 11.6 Å². The molecule has 0 aliphatic heterocycles. The van der Waals surface area contributed by atoms with Crippen molar-refractivity contribution in [3.8, 4) is 17.2 Å². The van der Waals surface area contributed by atoms with Crippen molar-refractivity contribution in [3.05, 3.63) is 58.4 Å². The Kier molecular flexibility index (Phi) is 3.12. The van der Waals surface area contributed by atoms with Gasteiger partial charge >= 0.3 is 0 Å². The van der Waals surface area contributed by atoms with Gasteiger partial charge in [0.1, 0.15) is 5.82 Å². The normalized spacial score (nSPS) is 10.0. The lowest BCUT2D eigenvalue weighted by molar-refractivity contribution is 0.630. The fourth-order valence-corrected chi connectivity index (χ4v) is 2.08. The zero-order valence-corrected chi connectivity index (χ0v) is 9.92. The van der Waals surface area contributed by atoms with E-state index in [1.807, 2.05) is 25.1 Å². The summed E-state index contributed by atoms with van der Waals surface area (Å²) in [4.78, 5) is 0. The number of hydrogen-bond donors (Lipinski definition) is 0. The molecular formula is C14H9ClFN. The highest BCUT2D eigenvalue weighted by Gasteiger charge is 2.11. The number of benzene rings is 2. The third-order valence-electron chi connectivity index (χ3n) is 2.59. The van der Waals surface area contributed by atoms with Crippen LogP contribution in [0.5, 0.6) is 0 Å². The molecule has 0 radical (unpaired) electrons. The zero-order valence-electron chi connectivity index (χ0n) is 9.17. The van der Waals surface area contributed by atoms with Crippen LogP contribution in [0.4, 0.5) is 4.39 Å². The Bertz CT molecular complexity index is 594. The summed E-state index contributed by atoms with van der Waals surface area (Å²) in [6, 6.07) is 11.7. The third kappa shape index (κ3) is 2.15. The van der Waals surface area contributed by atoms with E-state index in [0.717, 1.165) is 5.56 Å². The lowest BCUT2D eigenvalue weighted by Gasteiger charge is -2.09. The Labute approximate surface area is 104 Å². The van der Waals surface area contributed by atoms with Gasteiger partial charge < -0.3 is 0 Å². The van der Waals surface area contributed by atoms with E-state index in [1.165, 1.54) is 6.07 Å². The summed E-state index contributed by atoms with van der Waals surface area (Å²) in [5.41, 5.74) is 2.31. The molecular weight excluding hydrogens is 237 g/mol. The van der Waals surface area contributed by atoms with Crippen LogP contribution < -0.4 is 0 Å². The number of rotatable bonds is 1. The van der Waals surface area contributed by atoms with Crippen molar-refractivity contribution in [2.24, 2.45) is 0 Å². The van der Waals surface area contributed by atoms with Crippen molar-refractivity contribution in [2.45, 2.75) is 6.92 Å². The highest BCUT2D eigenvalue weighted by molar-refractivity contribution is 6.33. The molecule has 0 aromatic heterocycles. The molecule has 0 atom stereocenters. The van der Waals surface area contributed by atoms with E-state index in [0.29, 0.717) is 21.7 Å². The molecule has 0 bridgehead atoms. The first-order chi connectivity index (χ1) is 8.13. The van der Waals surface area contributed by atoms with Gasteiger partial charge in [0.25, 0.3) is 0 Å². The van der Waals surface area contributed by atoms with Crippen LogP contribution in [-0.4, -0.2) is 0 Å². The van der Waals surface area contributed by atoms with Crippen LogP contribution in [0.3, 0.4) is 0 Å². The molecule has 0 saturated heterocycles. The van der Waals surface area contributed by atoms with Gasteiger partial charge in [0, 0.05) is 16.1 Å². The molecule has 2 aromatic carbocycles. The molecule has 0 unspecified atom stereocenters. The maximum atomic E-state index is 13.9. The Balaban J connectivity index is 2.66. The number of nitrogens with zero attached hydrogens (tertiary/aromatic N) is 1. The van der Waals surface area contributed by atoms with E-state index in [1.54, 1.807) is 18.2 Å². The molecule has 0 aliphatic carbocycles. The largest absolute Gasteiger partial charge is 0.206 e. The van der Waals surface area contributed by atoms with Crippen molar-refractivity contribution in [2.75, 3.05) is 0 Å². The van der Waals surface area contributed by atoms with Crippen molar-refractivity contribution < 1.29 is 4.39 Å². The molecule has 2 rings (SSSR count). The number of hydrogen-bond acceptors (Lipinski definition) is 1. The Morgan fingerprint density at radius 2 is 2.00 bits per heavy atom. The fourth-order valence-electron chi connectivity index (χ4n) is 1.76. The topological polar surface area (TPSA) is 23.8 Å². The Morgan fingerprint density at radius 3 is 2.59 bits per heavy atom. The van der Waals surface area contributed by atoms with E-state index in [4.69, 9.17) is 16.9 Å². The molecule has 2 aromatic rings. The molecule has 3 heteroatoms. The second kappa shape index (κ2) is 4.57. The van der Waals surface area contributed by atoms with E-state index in [9.17, 15) is 4.39 Å². The highest BCUT2D eigenvalue weighted by Crippen LogP contribution is 2.32. The third-order valence-corrected chi connectivity index (χ3v) is 2.90. The molecule has 0 spiro atoms. The quantitative estimate of drug-likeness (QED) is 0.734. The summed E-state index contributed by atoms with van der Waals surface area (Å²) in [5, 5.41) is 9.20. The monoisotopic (exact) mass is 245 g/mol. The van der Waals surface area contributed by atoms with Crippen LogP contribution in [0.15, 0.2) is 36.4 Å². The first-order valence-corrected chi connectivity index (χ1v) is 5.46. The number of halogens is 2. The van der Waals surface area contributed by atoms with Gasteiger partial charge in [-0.1, -0.05) is 29.8 Å². The summed E-state index contributed by atoms with van der Waals surface area (Å²) in [6.07, 6.45) is 0. The maximum absolute atomic E-state index is 13.9. The predicted octanol–water partition coefficient (Wildman–Crippen LogP) is 4.33. The van der Waals surface area contributed by atoms with Gasteiger partial charge in [-0.3, -0.25) is 0 Å². The standard InChI is InChI=1S/C14H9ClFN/c1-9-3-2-4-12(15)14(9)11-6-5-10(8-17)7-13(11)16/h2-7H,1H3. The minimum Gasteiger partial charge on any atom is -0.206 e. The van der Waals surface area contributed by atoms with Crippen molar-refractivity contribution in [3.63, 3.8) is 0 Å². The lowest BCUT2D eigenvalue weighted by Crippen LogP contribution is -1.90. The van der Waals surface area contributed by atoms with E-state index < -0.39 is 5.82 Å². The van der Waals surface area contributed by atoms with Gasteiger partial charge in [0.2, 0.25) is 0 Å². The fraction of sp³-hybridized carbons (Fsp3) is 0.0714. The van der Waals surface area contributed by atoms with Gasteiger partial charge in [-0.15, -0.1) is 0 Å². The average Bonchev–Trinajstić information content (AvgIpc) is 2.30. The van der Waals surface area contributed by atoms with E-state index in [2.05, 4.69) is 0 Å². The molecule has 84 valence electrons. The Hall–Kier alpha value is -1.85. The van der Waals surface area contributed by atoms with E-state index >= 15 is 0 Å². The van der Waals surface area contributed by atoms with Crippen LogP contribution in [0.1, 0.15) is 11.1 Å². The summed E-state index contributed by atoms with van der Waals surface area (Å²) in [7, 11) is 0. The van der Waals surface area contributed by atoms with Gasteiger partial charge in [0.05, 0.1) is 11.6 Å². The van der Waals surface area contributed by atoms with Crippen LogP contribution >= 0.6 is 11.6 Å². The van der Waals surface area contributed by atoms with Gasteiger partial charge in [-0.2, -0.15) is 5.26 Å². The van der Waals surface area contributed by atoms with E-state index in [-0.39, 0.29) is 0 Å². The second-order valence-electron chi connectivity index (χ2n) is 3.74. The summed E-state index contributed by atoms with van der Waals surface area (Å²) in [6.45, 7) is 1.87. The first-order valence-electron chi connectivity index (χ1n) is 5.08. The average molecular weight is 246 g/mol. The summed E-state index contributed by atoms with van der Waals surface area (Å²) in [5.74, 6) is -0.430. The maximum Gasteiger partial charge on any atom is 0.132 e. The van der Waals surface area contributed by atoms with Crippen LogP contribution in [-0.2, 0) is 0 Å². The minimum absolute atomic E-state index is 0.302. The molecule has 1 nitrogen and oxygen atoms in total. The SMILES string of the molecule is Cc1cccc(Cl)c1-c1ccc(C#N)cc1F.